The molecule has 0 radical (unpaired) electrons. The molecule has 2 fully saturated rings. The number of aryl methyl sites for hydroxylation is 1. The second kappa shape index (κ2) is 15.5. The first-order chi connectivity index (χ1) is 24.2. The van der Waals surface area contributed by atoms with Crippen LogP contribution in [0.2, 0.25) is 0 Å². The van der Waals surface area contributed by atoms with Gasteiger partial charge in [0.25, 0.3) is 11.8 Å². The minimum absolute atomic E-state index is 0.00474. The number of aliphatic hydroxyl groups excluding tert-OH is 1. The lowest BCUT2D eigenvalue weighted by Crippen LogP contribution is -2.67. The number of pyridine rings is 1. The van der Waals surface area contributed by atoms with Gasteiger partial charge >= 0.3 is 12.4 Å². The maximum atomic E-state index is 14.9. The molecule has 1 N–H and O–H groups in total. The van der Waals surface area contributed by atoms with Crippen molar-refractivity contribution in [3.63, 3.8) is 0 Å². The molecule has 1 aromatic carbocycles. The van der Waals surface area contributed by atoms with Crippen LogP contribution in [0.25, 0.3) is 0 Å². The number of ether oxygens (including phenoxy) is 1. The third-order valence-electron chi connectivity index (χ3n) is 10.1. The van der Waals surface area contributed by atoms with E-state index in [0.29, 0.717) is 37.1 Å². The highest BCUT2D eigenvalue weighted by atomic mass is 32.2. The number of thioether (sulfide) groups is 1. The molecule has 3 aliphatic heterocycles. The number of likely N-dealkylation sites (tertiary alicyclic amines) is 2. The number of carbonyl (C=O) groups excluding carboxylic acids is 2. The molecule has 4 heterocycles. The van der Waals surface area contributed by atoms with Gasteiger partial charge in [0.05, 0.1) is 28.7 Å². The number of nitrogens with zero attached hydrogens (tertiary/aromatic N) is 4. The van der Waals surface area contributed by atoms with Crippen LogP contribution in [0, 0.1) is 11.3 Å². The average molecular weight is 739 g/mol. The molecule has 0 spiro atoms. The number of benzene rings is 1. The van der Waals surface area contributed by atoms with Crippen molar-refractivity contribution >= 4 is 23.6 Å². The number of carbonyl (C=O) groups is 2. The van der Waals surface area contributed by atoms with Crippen molar-refractivity contribution in [1.82, 2.24) is 14.8 Å². The smallest absolute Gasteiger partial charge is 0.417 e. The Balaban J connectivity index is 1.51. The summed E-state index contributed by atoms with van der Waals surface area (Å²) in [5.41, 5.74) is -3.02. The van der Waals surface area contributed by atoms with Gasteiger partial charge in [0.1, 0.15) is 11.0 Å². The first kappa shape index (κ1) is 38.5. The number of hydrogen-bond donors (Lipinski definition) is 1. The van der Waals surface area contributed by atoms with E-state index in [9.17, 15) is 46.3 Å². The van der Waals surface area contributed by atoms with E-state index < -0.39 is 64.0 Å². The normalized spacial score (nSPS) is 23.8. The average Bonchev–Trinajstić information content (AvgIpc) is 3.60. The molecule has 1 unspecified atom stereocenters. The zero-order valence-corrected chi connectivity index (χ0v) is 28.9. The molecule has 2 saturated heterocycles. The maximum Gasteiger partial charge on any atom is 0.417 e. The molecule has 0 saturated carbocycles. The van der Waals surface area contributed by atoms with E-state index in [1.54, 1.807) is 6.92 Å². The second-order valence-corrected chi connectivity index (χ2v) is 14.3. The van der Waals surface area contributed by atoms with Gasteiger partial charge in [-0.25, -0.2) is 0 Å². The molecule has 2 aromatic rings. The lowest BCUT2D eigenvalue weighted by Gasteiger charge is -2.51. The van der Waals surface area contributed by atoms with Crippen molar-refractivity contribution in [2.75, 3.05) is 26.2 Å². The Labute approximate surface area is 296 Å². The molecule has 51 heavy (non-hydrogen) atoms. The predicted molar refractivity (Wildman–Crippen MR) is 177 cm³/mol. The Bertz CT molecular complexity index is 1650. The van der Waals surface area contributed by atoms with Crippen LogP contribution < -0.4 is 0 Å². The summed E-state index contributed by atoms with van der Waals surface area (Å²) in [4.78, 5) is 35.4. The van der Waals surface area contributed by atoms with Crippen LogP contribution in [0.4, 0.5) is 26.3 Å². The summed E-state index contributed by atoms with van der Waals surface area (Å²) in [6, 6.07) is 9.51. The van der Waals surface area contributed by atoms with E-state index in [0.717, 1.165) is 23.5 Å². The first-order valence-electron chi connectivity index (χ1n) is 17.0. The van der Waals surface area contributed by atoms with Crippen LogP contribution in [-0.4, -0.2) is 81.0 Å². The van der Waals surface area contributed by atoms with Crippen molar-refractivity contribution in [3.05, 3.63) is 76.1 Å². The summed E-state index contributed by atoms with van der Waals surface area (Å²) in [5, 5.41) is 19.3. The predicted octanol–water partition coefficient (Wildman–Crippen LogP) is 7.18. The Kier molecular flexibility index (Phi) is 11.7. The van der Waals surface area contributed by atoms with Crippen molar-refractivity contribution in [2.45, 2.75) is 99.4 Å². The van der Waals surface area contributed by atoms with E-state index in [1.165, 1.54) is 15.2 Å². The summed E-state index contributed by atoms with van der Waals surface area (Å²) in [6.07, 6.45) is -6.01. The zero-order valence-electron chi connectivity index (χ0n) is 28.1. The highest BCUT2D eigenvalue weighted by Gasteiger charge is 2.57. The van der Waals surface area contributed by atoms with Crippen LogP contribution in [0.1, 0.15) is 85.3 Å². The Morgan fingerprint density at radius 3 is 2.45 bits per heavy atom. The molecular formula is C36H40F6N4O4S. The molecule has 0 aliphatic carbocycles. The van der Waals surface area contributed by atoms with Crippen molar-refractivity contribution in [3.8, 4) is 6.07 Å². The fourth-order valence-electron chi connectivity index (χ4n) is 7.58. The van der Waals surface area contributed by atoms with E-state index in [-0.39, 0.29) is 64.1 Å². The minimum atomic E-state index is -4.87. The van der Waals surface area contributed by atoms with Gasteiger partial charge in [0, 0.05) is 56.9 Å². The van der Waals surface area contributed by atoms with Crippen LogP contribution in [0.5, 0.6) is 0 Å². The Hall–Kier alpha value is -3.77. The first-order valence-corrected chi connectivity index (χ1v) is 18.0. The lowest BCUT2D eigenvalue weighted by molar-refractivity contribution is -0.170. The van der Waals surface area contributed by atoms with Crippen LogP contribution in [0.15, 0.2) is 53.9 Å². The second-order valence-electron chi connectivity index (χ2n) is 13.2. The topological polar surface area (TPSA) is 107 Å². The highest BCUT2D eigenvalue weighted by Crippen LogP contribution is 2.47. The number of amides is 2. The quantitative estimate of drug-likeness (QED) is 0.258. The van der Waals surface area contributed by atoms with Crippen LogP contribution in [-0.2, 0) is 27.5 Å². The molecule has 1 aromatic heterocycles. The molecule has 5 rings (SSSR count). The number of rotatable bonds is 10. The van der Waals surface area contributed by atoms with Gasteiger partial charge in [-0.3, -0.25) is 14.6 Å². The zero-order chi connectivity index (χ0) is 37.0. The fourth-order valence-corrected chi connectivity index (χ4v) is 8.45. The van der Waals surface area contributed by atoms with Crippen LogP contribution >= 0.6 is 11.8 Å². The van der Waals surface area contributed by atoms with Gasteiger partial charge in [-0.05, 0) is 55.7 Å². The van der Waals surface area contributed by atoms with Crippen molar-refractivity contribution in [2.24, 2.45) is 0 Å². The van der Waals surface area contributed by atoms with Gasteiger partial charge in [-0.15, -0.1) is 11.8 Å². The van der Waals surface area contributed by atoms with Crippen LogP contribution in [0.3, 0.4) is 0 Å². The SMILES string of the molecule is CCC[C@H]1N(C(=O)c2cnccc2C(F)(F)F)CCC[C@@]1(OC1=CSC(C(F)(F)F)C1)C(=O)N1CCC(C#N)(c2ccccc2CCCO)CC1. The number of aromatic nitrogens is 1. The molecule has 8 nitrogen and oxygen atoms in total. The number of nitriles is 1. The van der Waals surface area contributed by atoms with Gasteiger partial charge < -0.3 is 19.6 Å². The molecule has 3 atom stereocenters. The molecule has 0 bridgehead atoms. The molecule has 276 valence electrons. The summed E-state index contributed by atoms with van der Waals surface area (Å²) >= 11 is 0.520. The number of aliphatic hydroxyl groups is 1. The highest BCUT2D eigenvalue weighted by molar-refractivity contribution is 8.03. The van der Waals surface area contributed by atoms with Gasteiger partial charge in [-0.1, -0.05) is 37.6 Å². The molecular weight excluding hydrogens is 698 g/mol. The third-order valence-corrected chi connectivity index (χ3v) is 11.2. The number of piperidine rings is 2. The number of alkyl halides is 6. The van der Waals surface area contributed by atoms with Gasteiger partial charge in [-0.2, -0.15) is 31.6 Å². The van der Waals surface area contributed by atoms with Crippen molar-refractivity contribution < 1.29 is 45.8 Å². The van der Waals surface area contributed by atoms with Crippen molar-refractivity contribution in [1.29, 1.82) is 5.26 Å². The minimum Gasteiger partial charge on any atom is -0.479 e. The van der Waals surface area contributed by atoms with E-state index >= 15 is 0 Å². The maximum absolute atomic E-state index is 14.9. The summed E-state index contributed by atoms with van der Waals surface area (Å²) in [7, 11) is 0. The number of hydrogen-bond acceptors (Lipinski definition) is 7. The fraction of sp³-hybridized carbons (Fsp3) is 0.556. The van der Waals surface area contributed by atoms with E-state index in [4.69, 9.17) is 4.74 Å². The van der Waals surface area contributed by atoms with Gasteiger partial charge in [0.2, 0.25) is 5.60 Å². The largest absolute Gasteiger partial charge is 0.479 e. The Morgan fingerprint density at radius 1 is 1.10 bits per heavy atom. The molecule has 3 aliphatic rings. The van der Waals surface area contributed by atoms with E-state index in [1.807, 2.05) is 24.3 Å². The molecule has 2 amide bonds. The van der Waals surface area contributed by atoms with Gasteiger partial charge in [0.15, 0.2) is 0 Å². The monoisotopic (exact) mass is 738 g/mol. The summed E-state index contributed by atoms with van der Waals surface area (Å²) < 4.78 is 89.6. The molecule has 15 heteroatoms. The number of halogens is 6. The van der Waals surface area contributed by atoms with E-state index in [2.05, 4.69) is 11.1 Å². The standard InChI is InChI=1S/C36H40F6N4O4S/c1-2-7-29-34(50-25-20-30(51-22-25)36(40,41)42,12-6-16-46(29)31(48)26-21-44-15-11-28(26)35(37,38)39)32(49)45-17-13-33(23-43,14-18-45)27-10-4-3-8-24(27)9-5-19-47/h3-4,8,10-11,15,21-22,29-30,47H,2,5-7,9,12-14,16-20H2,1H3/t29-,30?,34+/m1/s1. The third kappa shape index (κ3) is 7.87. The lowest BCUT2D eigenvalue weighted by atomic mass is 9.71. The summed E-state index contributed by atoms with van der Waals surface area (Å²) in [6.45, 7) is 1.94. The Morgan fingerprint density at radius 2 is 1.82 bits per heavy atom. The summed E-state index contributed by atoms with van der Waals surface area (Å²) in [5.74, 6) is -1.66. The number of allylic oxidation sites excluding steroid dienone is 1.